The van der Waals surface area contributed by atoms with Crippen LogP contribution in [0.2, 0.25) is 5.02 Å². The minimum absolute atomic E-state index is 0.0383. The number of halogens is 2. The highest BCUT2D eigenvalue weighted by Crippen LogP contribution is 2.14. The zero-order valence-electron chi connectivity index (χ0n) is 6.17. The Labute approximate surface area is 80.7 Å². The van der Waals surface area contributed by atoms with Gasteiger partial charge in [-0.05, 0) is 11.6 Å². The fourth-order valence-electron chi connectivity index (χ4n) is 0.716. The largest absolute Gasteiger partial charge is 0.231 e. The van der Waals surface area contributed by atoms with Crippen molar-refractivity contribution < 1.29 is 4.39 Å². The minimum atomic E-state index is -0.639. The fraction of sp³-hybridized carbons (Fsp3) is 0.125. The maximum absolute atomic E-state index is 12.5. The van der Waals surface area contributed by atoms with Crippen LogP contribution in [0.1, 0.15) is 5.56 Å². The first-order valence-electron chi connectivity index (χ1n) is 3.32. The molecule has 1 heterocycles. The highest BCUT2D eigenvalue weighted by molar-refractivity contribution is 7.80. The summed E-state index contributed by atoms with van der Waals surface area (Å²) in [6, 6.07) is 1.52. The zero-order valence-corrected chi connectivity index (χ0v) is 7.82. The Balaban J connectivity index is 2.89. The van der Waals surface area contributed by atoms with E-state index in [1.807, 2.05) is 6.08 Å². The summed E-state index contributed by atoms with van der Waals surface area (Å²) in [5, 5.41) is 0.0383. The van der Waals surface area contributed by atoms with Crippen molar-refractivity contribution in [2.24, 2.45) is 0 Å². The lowest BCUT2D eigenvalue weighted by Crippen LogP contribution is -1.84. The molecule has 1 nitrogen and oxygen atoms in total. The molecule has 0 aliphatic rings. The van der Waals surface area contributed by atoms with Gasteiger partial charge in [0.15, 0.2) is 0 Å². The van der Waals surface area contributed by atoms with Gasteiger partial charge in [0.25, 0.3) is 0 Å². The molecule has 1 aromatic heterocycles. The maximum atomic E-state index is 12.5. The van der Waals surface area contributed by atoms with Gasteiger partial charge in [-0.2, -0.15) is 17.0 Å². The second-order valence-electron chi connectivity index (χ2n) is 2.13. The monoisotopic (exact) mass is 203 g/mol. The molecule has 4 heteroatoms. The first-order chi connectivity index (χ1) is 5.74. The quantitative estimate of drug-likeness (QED) is 0.576. The van der Waals surface area contributed by atoms with E-state index in [0.717, 1.165) is 5.56 Å². The van der Waals surface area contributed by atoms with Crippen LogP contribution in [0.3, 0.4) is 0 Å². The van der Waals surface area contributed by atoms with E-state index in [9.17, 15) is 4.39 Å². The van der Waals surface area contributed by atoms with Crippen LogP contribution in [-0.2, 0) is 0 Å². The molecule has 0 radical (unpaired) electrons. The van der Waals surface area contributed by atoms with Crippen LogP contribution in [0.15, 0.2) is 18.3 Å². The van der Waals surface area contributed by atoms with Gasteiger partial charge >= 0.3 is 0 Å². The Bertz CT molecular complexity index is 301. The van der Waals surface area contributed by atoms with E-state index in [1.165, 1.54) is 12.3 Å². The lowest BCUT2D eigenvalue weighted by atomic mass is 10.3. The van der Waals surface area contributed by atoms with Gasteiger partial charge in [-0.3, -0.25) is 0 Å². The number of hydrogen-bond acceptors (Lipinski definition) is 2. The summed E-state index contributed by atoms with van der Waals surface area (Å²) in [6.07, 6.45) is 5.03. The average molecular weight is 204 g/mol. The number of aromatic nitrogens is 1. The Morgan fingerprint density at radius 1 is 1.67 bits per heavy atom. The van der Waals surface area contributed by atoms with Gasteiger partial charge < -0.3 is 0 Å². The zero-order chi connectivity index (χ0) is 8.97. The van der Waals surface area contributed by atoms with Gasteiger partial charge in [-0.1, -0.05) is 23.8 Å². The van der Waals surface area contributed by atoms with E-state index in [-0.39, 0.29) is 5.02 Å². The SMILES string of the molecule is Fc1ncc(C=CCS)cc1Cl. The van der Waals surface area contributed by atoms with Crippen molar-refractivity contribution in [1.29, 1.82) is 0 Å². The van der Waals surface area contributed by atoms with Crippen LogP contribution in [-0.4, -0.2) is 10.7 Å². The standard InChI is InChI=1S/C8H7ClFNS/c9-7-4-6(2-1-3-12)5-11-8(7)10/h1-2,4-5,12H,3H2. The molecule has 12 heavy (non-hydrogen) atoms. The average Bonchev–Trinajstić information content (AvgIpc) is 2.07. The molecule has 0 saturated carbocycles. The van der Waals surface area contributed by atoms with E-state index in [1.54, 1.807) is 6.08 Å². The third kappa shape index (κ3) is 2.50. The van der Waals surface area contributed by atoms with Crippen molar-refractivity contribution in [2.75, 3.05) is 5.75 Å². The summed E-state index contributed by atoms with van der Waals surface area (Å²) < 4.78 is 12.5. The molecule has 0 aromatic carbocycles. The van der Waals surface area contributed by atoms with Crippen molar-refractivity contribution in [2.45, 2.75) is 0 Å². The maximum Gasteiger partial charge on any atom is 0.231 e. The fourth-order valence-corrected chi connectivity index (χ4v) is 0.996. The third-order valence-corrected chi connectivity index (χ3v) is 1.71. The van der Waals surface area contributed by atoms with Crippen LogP contribution in [0.5, 0.6) is 0 Å². The van der Waals surface area contributed by atoms with Crippen LogP contribution in [0.4, 0.5) is 4.39 Å². The molecule has 0 aliphatic heterocycles. The molecule has 0 aliphatic carbocycles. The first-order valence-corrected chi connectivity index (χ1v) is 4.33. The third-order valence-electron chi connectivity index (χ3n) is 1.23. The Morgan fingerprint density at radius 3 is 3.00 bits per heavy atom. The van der Waals surface area contributed by atoms with Crippen LogP contribution >= 0.6 is 24.2 Å². The van der Waals surface area contributed by atoms with Gasteiger partial charge in [-0.25, -0.2) is 4.98 Å². The second kappa shape index (κ2) is 4.48. The minimum Gasteiger partial charge on any atom is -0.226 e. The van der Waals surface area contributed by atoms with Gasteiger partial charge in [0.1, 0.15) is 0 Å². The van der Waals surface area contributed by atoms with Crippen LogP contribution in [0.25, 0.3) is 6.08 Å². The summed E-state index contributed by atoms with van der Waals surface area (Å²) in [4.78, 5) is 3.46. The molecule has 1 rings (SSSR count). The van der Waals surface area contributed by atoms with E-state index in [2.05, 4.69) is 17.6 Å². The lowest BCUT2D eigenvalue weighted by Gasteiger charge is -1.94. The second-order valence-corrected chi connectivity index (χ2v) is 2.90. The van der Waals surface area contributed by atoms with Crippen LogP contribution < -0.4 is 0 Å². The number of hydrogen-bond donors (Lipinski definition) is 1. The van der Waals surface area contributed by atoms with E-state index >= 15 is 0 Å². The highest BCUT2D eigenvalue weighted by atomic mass is 35.5. The summed E-state index contributed by atoms with van der Waals surface area (Å²) in [5.41, 5.74) is 0.774. The predicted molar refractivity (Wildman–Crippen MR) is 52.1 cm³/mol. The molecular weight excluding hydrogens is 197 g/mol. The highest BCUT2D eigenvalue weighted by Gasteiger charge is 1.98. The van der Waals surface area contributed by atoms with Crippen molar-refractivity contribution in [3.8, 4) is 0 Å². The van der Waals surface area contributed by atoms with Gasteiger partial charge in [0.05, 0.1) is 5.02 Å². The summed E-state index contributed by atoms with van der Waals surface area (Å²) in [5.74, 6) is -0.00525. The van der Waals surface area contributed by atoms with Gasteiger partial charge in [-0.15, -0.1) is 0 Å². The molecule has 0 N–H and O–H groups in total. The number of rotatable bonds is 2. The Hall–Kier alpha value is -0.540. The predicted octanol–water partition coefficient (Wildman–Crippen LogP) is 2.82. The lowest BCUT2D eigenvalue weighted by molar-refractivity contribution is 0.584. The molecule has 0 spiro atoms. The van der Waals surface area contributed by atoms with E-state index < -0.39 is 5.95 Å². The molecule has 0 amide bonds. The van der Waals surface area contributed by atoms with E-state index in [0.29, 0.717) is 5.75 Å². The van der Waals surface area contributed by atoms with E-state index in [4.69, 9.17) is 11.6 Å². The smallest absolute Gasteiger partial charge is 0.226 e. The summed E-state index contributed by atoms with van der Waals surface area (Å²) in [7, 11) is 0. The number of thiol groups is 1. The van der Waals surface area contributed by atoms with Crippen molar-refractivity contribution in [3.05, 3.63) is 34.9 Å². The van der Waals surface area contributed by atoms with Crippen LogP contribution in [0, 0.1) is 5.95 Å². The molecule has 0 bridgehead atoms. The van der Waals surface area contributed by atoms with Gasteiger partial charge in [0, 0.05) is 11.9 Å². The number of nitrogens with zero attached hydrogens (tertiary/aromatic N) is 1. The Morgan fingerprint density at radius 2 is 2.42 bits per heavy atom. The molecule has 0 unspecified atom stereocenters. The molecule has 0 atom stereocenters. The molecule has 0 saturated heterocycles. The summed E-state index contributed by atoms with van der Waals surface area (Å²) >= 11 is 9.49. The Kier molecular flexibility index (Phi) is 3.56. The molecule has 0 fully saturated rings. The van der Waals surface area contributed by atoms with Crippen molar-refractivity contribution in [3.63, 3.8) is 0 Å². The molecule has 64 valence electrons. The molecule has 1 aromatic rings. The van der Waals surface area contributed by atoms with Gasteiger partial charge in [0.2, 0.25) is 5.95 Å². The van der Waals surface area contributed by atoms with Crippen molar-refractivity contribution in [1.82, 2.24) is 4.98 Å². The molecular formula is C8H7ClFNS. The topological polar surface area (TPSA) is 12.9 Å². The summed E-state index contributed by atoms with van der Waals surface area (Å²) in [6.45, 7) is 0. The number of pyridine rings is 1. The first kappa shape index (κ1) is 9.55. The van der Waals surface area contributed by atoms with Crippen molar-refractivity contribution >= 4 is 30.3 Å². The normalized spacial score (nSPS) is 10.9.